The highest BCUT2D eigenvalue weighted by atomic mass is 79.9. The first-order chi connectivity index (χ1) is 10.5. The summed E-state index contributed by atoms with van der Waals surface area (Å²) in [4.78, 5) is 10.3. The maximum Gasteiger partial charge on any atom is 0.271 e. The van der Waals surface area contributed by atoms with Crippen LogP contribution < -0.4 is 0 Å². The van der Waals surface area contributed by atoms with Gasteiger partial charge in [-0.3, -0.25) is 10.1 Å². The summed E-state index contributed by atoms with van der Waals surface area (Å²) in [6, 6.07) is 9.46. The molecule has 22 heavy (non-hydrogen) atoms. The van der Waals surface area contributed by atoms with E-state index < -0.39 is 4.92 Å². The normalized spacial score (nSPS) is 9.64. The molecule has 1 aromatic carbocycles. The molecule has 0 unspecified atom stereocenters. The number of nitro benzene ring substituents is 1. The molecular formula is C14H5Br2N3O3. The van der Waals surface area contributed by atoms with Crippen LogP contribution in [0.4, 0.5) is 5.69 Å². The average molecular weight is 423 g/mol. The Morgan fingerprint density at radius 1 is 1.23 bits per heavy atom. The van der Waals surface area contributed by atoms with Gasteiger partial charge in [-0.25, -0.2) is 0 Å². The molecule has 108 valence electrons. The van der Waals surface area contributed by atoms with Crippen molar-refractivity contribution in [3.8, 4) is 23.5 Å². The van der Waals surface area contributed by atoms with Crippen molar-refractivity contribution >= 4 is 43.6 Å². The van der Waals surface area contributed by atoms with Gasteiger partial charge < -0.3 is 4.42 Å². The third-order valence-corrected chi connectivity index (χ3v) is 3.89. The number of nitriles is 2. The maximum atomic E-state index is 10.8. The molecule has 0 saturated carbocycles. The Kier molecular flexibility index (Phi) is 4.76. The van der Waals surface area contributed by atoms with E-state index in [-0.39, 0.29) is 11.3 Å². The number of rotatable bonds is 3. The van der Waals surface area contributed by atoms with Gasteiger partial charge in [0.05, 0.1) is 4.92 Å². The highest BCUT2D eigenvalue weighted by Gasteiger charge is 2.17. The second-order valence-electron chi connectivity index (χ2n) is 4.03. The maximum absolute atomic E-state index is 10.8. The van der Waals surface area contributed by atoms with Gasteiger partial charge in [0, 0.05) is 32.7 Å². The minimum absolute atomic E-state index is 0.0644. The van der Waals surface area contributed by atoms with Gasteiger partial charge in [-0.1, -0.05) is 0 Å². The number of benzene rings is 1. The van der Waals surface area contributed by atoms with Gasteiger partial charge in [0.15, 0.2) is 0 Å². The fraction of sp³-hybridized carbons (Fsp3) is 0. The molecule has 8 heteroatoms. The lowest BCUT2D eigenvalue weighted by molar-refractivity contribution is -0.385. The van der Waals surface area contributed by atoms with Crippen molar-refractivity contribution in [3.63, 3.8) is 0 Å². The summed E-state index contributed by atoms with van der Waals surface area (Å²) in [5.41, 5.74) is 0.453. The van der Waals surface area contributed by atoms with Crippen molar-refractivity contribution in [1.29, 1.82) is 10.5 Å². The van der Waals surface area contributed by atoms with E-state index in [1.54, 1.807) is 24.3 Å². The predicted molar refractivity (Wildman–Crippen MR) is 85.4 cm³/mol. The lowest BCUT2D eigenvalue weighted by Gasteiger charge is -2.04. The lowest BCUT2D eigenvalue weighted by Crippen LogP contribution is -1.90. The molecule has 0 aliphatic heterocycles. The summed E-state index contributed by atoms with van der Waals surface area (Å²) in [5.74, 6) is 0.778. The standard InChI is InChI=1S/C14H5Br2N3O3/c15-11-4-9(19(20)21)5-12(16)14(11)13-2-1-10(22-13)3-8(6-17)7-18/h1-5H. The smallest absolute Gasteiger partial charge is 0.271 e. The first-order valence-corrected chi connectivity index (χ1v) is 7.30. The third kappa shape index (κ3) is 3.25. The molecule has 2 rings (SSSR count). The minimum atomic E-state index is -0.498. The first kappa shape index (κ1) is 16.0. The number of non-ortho nitro benzene ring substituents is 1. The topological polar surface area (TPSA) is 104 Å². The van der Waals surface area contributed by atoms with E-state index in [1.165, 1.54) is 18.2 Å². The van der Waals surface area contributed by atoms with E-state index in [9.17, 15) is 10.1 Å². The molecular weight excluding hydrogens is 418 g/mol. The van der Waals surface area contributed by atoms with Gasteiger partial charge in [-0.05, 0) is 44.0 Å². The summed E-state index contributed by atoms with van der Waals surface area (Å²) < 4.78 is 6.53. The van der Waals surface area contributed by atoms with Crippen LogP contribution in [-0.2, 0) is 0 Å². The highest BCUT2D eigenvalue weighted by molar-refractivity contribution is 9.11. The molecule has 0 saturated heterocycles. The molecule has 0 fully saturated rings. The SMILES string of the molecule is N#CC(C#N)=Cc1ccc(-c2c(Br)cc([N+](=O)[O-])cc2Br)o1. The van der Waals surface area contributed by atoms with Gasteiger partial charge in [-0.2, -0.15) is 10.5 Å². The van der Waals surface area contributed by atoms with Gasteiger partial charge in [-0.15, -0.1) is 0 Å². The van der Waals surface area contributed by atoms with Crippen LogP contribution in [0, 0.1) is 32.8 Å². The van der Waals surface area contributed by atoms with Crippen LogP contribution in [0.3, 0.4) is 0 Å². The minimum Gasteiger partial charge on any atom is -0.457 e. The Hall–Kier alpha value is -2.42. The van der Waals surface area contributed by atoms with Gasteiger partial charge >= 0.3 is 0 Å². The number of hydrogen-bond acceptors (Lipinski definition) is 5. The van der Waals surface area contributed by atoms with E-state index in [0.717, 1.165) is 0 Å². The highest BCUT2D eigenvalue weighted by Crippen LogP contribution is 2.39. The molecule has 2 aromatic rings. The third-order valence-electron chi connectivity index (χ3n) is 2.64. The van der Waals surface area contributed by atoms with Crippen molar-refractivity contribution in [2.75, 3.05) is 0 Å². The molecule has 0 spiro atoms. The monoisotopic (exact) mass is 421 g/mol. The van der Waals surface area contributed by atoms with E-state index in [4.69, 9.17) is 14.9 Å². The number of nitrogens with zero attached hydrogens (tertiary/aromatic N) is 3. The van der Waals surface area contributed by atoms with Crippen LogP contribution in [-0.4, -0.2) is 4.92 Å². The summed E-state index contributed by atoms with van der Waals surface area (Å²) in [5, 5.41) is 28.3. The molecule has 6 nitrogen and oxygen atoms in total. The van der Waals surface area contributed by atoms with E-state index in [0.29, 0.717) is 26.0 Å². The molecule has 0 amide bonds. The fourth-order valence-electron chi connectivity index (χ4n) is 1.70. The Balaban J connectivity index is 2.49. The molecule has 0 bridgehead atoms. The van der Waals surface area contributed by atoms with Crippen molar-refractivity contribution in [2.24, 2.45) is 0 Å². The Morgan fingerprint density at radius 2 is 1.82 bits per heavy atom. The van der Waals surface area contributed by atoms with Crippen molar-refractivity contribution in [1.82, 2.24) is 0 Å². The second-order valence-corrected chi connectivity index (χ2v) is 5.73. The number of furan rings is 1. The van der Waals surface area contributed by atoms with Crippen molar-refractivity contribution in [3.05, 3.63) is 54.7 Å². The van der Waals surface area contributed by atoms with Gasteiger partial charge in [0.2, 0.25) is 0 Å². The van der Waals surface area contributed by atoms with Crippen molar-refractivity contribution < 1.29 is 9.34 Å². The fourth-order valence-corrected chi connectivity index (χ4v) is 3.25. The molecule has 0 aliphatic carbocycles. The Labute approximate surface area is 141 Å². The first-order valence-electron chi connectivity index (χ1n) is 5.71. The zero-order valence-corrected chi connectivity index (χ0v) is 13.9. The van der Waals surface area contributed by atoms with Crippen molar-refractivity contribution in [2.45, 2.75) is 0 Å². The number of nitro groups is 1. The van der Waals surface area contributed by atoms with Crippen LogP contribution in [0.2, 0.25) is 0 Å². The van der Waals surface area contributed by atoms with Gasteiger partial charge in [0.25, 0.3) is 5.69 Å². The average Bonchev–Trinajstić information content (AvgIpc) is 2.92. The molecule has 0 radical (unpaired) electrons. The quantitative estimate of drug-likeness (QED) is 0.401. The largest absolute Gasteiger partial charge is 0.457 e. The number of hydrogen-bond donors (Lipinski definition) is 0. The van der Waals surface area contributed by atoms with E-state index in [2.05, 4.69) is 31.9 Å². The lowest BCUT2D eigenvalue weighted by atomic mass is 10.1. The van der Waals surface area contributed by atoms with Crippen LogP contribution in [0.1, 0.15) is 5.76 Å². The zero-order chi connectivity index (χ0) is 16.3. The van der Waals surface area contributed by atoms with Crippen LogP contribution in [0.5, 0.6) is 0 Å². The van der Waals surface area contributed by atoms with Crippen LogP contribution in [0.25, 0.3) is 17.4 Å². The van der Waals surface area contributed by atoms with Gasteiger partial charge in [0.1, 0.15) is 29.2 Å². The molecule has 1 aromatic heterocycles. The summed E-state index contributed by atoms with van der Waals surface area (Å²) in [6.45, 7) is 0. The van der Waals surface area contributed by atoms with E-state index in [1.807, 2.05) is 0 Å². The summed E-state index contributed by atoms with van der Waals surface area (Å²) >= 11 is 6.55. The van der Waals surface area contributed by atoms with E-state index >= 15 is 0 Å². The molecule has 1 heterocycles. The number of halogens is 2. The molecule has 0 N–H and O–H groups in total. The van der Waals surface area contributed by atoms with Crippen LogP contribution >= 0.6 is 31.9 Å². The number of allylic oxidation sites excluding steroid dienone is 1. The predicted octanol–water partition coefficient (Wildman–Crippen LogP) is 4.81. The molecule has 0 atom stereocenters. The molecule has 0 aliphatic rings. The zero-order valence-electron chi connectivity index (χ0n) is 10.7. The Morgan fingerprint density at radius 3 is 2.32 bits per heavy atom. The summed E-state index contributed by atoms with van der Waals surface area (Å²) in [7, 11) is 0. The summed E-state index contributed by atoms with van der Waals surface area (Å²) in [6.07, 6.45) is 1.32. The van der Waals surface area contributed by atoms with Crippen LogP contribution in [0.15, 0.2) is 43.2 Å². The Bertz CT molecular complexity index is 833. The second kappa shape index (κ2) is 6.56.